The lowest BCUT2D eigenvalue weighted by atomic mass is 9.94. The average molecular weight is 384 g/mol. The Morgan fingerprint density at radius 2 is 1.30 bits per heavy atom. The molecule has 0 aromatic rings. The average Bonchev–Trinajstić information content (AvgIpc) is 2.56. The Balaban J connectivity index is 5.19. The molecule has 2 N–H and O–H groups in total. The maximum absolute atomic E-state index is 12.8. The first-order valence-corrected chi connectivity index (χ1v) is 9.67. The van der Waals surface area contributed by atoms with E-state index in [1.165, 1.54) is 11.8 Å². The highest BCUT2D eigenvalue weighted by molar-refractivity contribution is 5.94. The summed E-state index contributed by atoms with van der Waals surface area (Å²) < 4.78 is 0. The van der Waals surface area contributed by atoms with Crippen LogP contribution in [0.3, 0.4) is 0 Å². The zero-order chi connectivity index (χ0) is 21.5. The van der Waals surface area contributed by atoms with Crippen LogP contribution in [0.1, 0.15) is 61.8 Å². The normalized spacial score (nSPS) is 15.7. The van der Waals surface area contributed by atoms with Crippen molar-refractivity contribution < 1.29 is 19.2 Å². The zero-order valence-corrected chi connectivity index (χ0v) is 18.3. The summed E-state index contributed by atoms with van der Waals surface area (Å²) in [5.74, 6) is -0.879. The minimum atomic E-state index is -0.806. The Morgan fingerprint density at radius 1 is 0.815 bits per heavy atom. The smallest absolute Gasteiger partial charge is 0.243 e. The second-order valence-corrected chi connectivity index (χ2v) is 8.20. The molecule has 4 atom stereocenters. The van der Waals surface area contributed by atoms with Gasteiger partial charge in [0.2, 0.25) is 17.7 Å². The molecule has 27 heavy (non-hydrogen) atoms. The van der Waals surface area contributed by atoms with Crippen molar-refractivity contribution in [1.82, 2.24) is 15.5 Å². The first-order valence-electron chi connectivity index (χ1n) is 9.67. The summed E-state index contributed by atoms with van der Waals surface area (Å²) in [5.41, 5.74) is 0. The van der Waals surface area contributed by atoms with Gasteiger partial charge >= 0.3 is 0 Å². The summed E-state index contributed by atoms with van der Waals surface area (Å²) in [6.07, 6.45) is 0.497. The highest BCUT2D eigenvalue weighted by Crippen LogP contribution is 2.18. The third-order valence-corrected chi connectivity index (χ3v) is 4.92. The highest BCUT2D eigenvalue weighted by atomic mass is 16.2. The number of nitrogens with one attached hydrogen (secondary N) is 2. The van der Waals surface area contributed by atoms with Gasteiger partial charge < -0.3 is 15.5 Å². The van der Waals surface area contributed by atoms with Crippen LogP contribution in [0.15, 0.2) is 0 Å². The lowest BCUT2D eigenvalue weighted by Gasteiger charge is -2.32. The summed E-state index contributed by atoms with van der Waals surface area (Å²) in [5, 5.41) is 5.24. The lowest BCUT2D eigenvalue weighted by Crippen LogP contribution is -2.55. The van der Waals surface area contributed by atoms with E-state index in [1.54, 1.807) is 20.9 Å². The number of carbonyl (C=O) groups excluding carboxylic acids is 4. The molecule has 0 aromatic carbocycles. The molecule has 0 unspecified atom stereocenters. The van der Waals surface area contributed by atoms with Gasteiger partial charge in [0.1, 0.15) is 12.1 Å². The van der Waals surface area contributed by atoms with E-state index in [0.29, 0.717) is 6.42 Å². The van der Waals surface area contributed by atoms with E-state index in [1.807, 2.05) is 34.6 Å². The van der Waals surface area contributed by atoms with Gasteiger partial charge in [0.15, 0.2) is 5.78 Å². The number of hydrogen-bond donors (Lipinski definition) is 2. The molecule has 0 heterocycles. The topological polar surface area (TPSA) is 95.6 Å². The second kappa shape index (κ2) is 11.0. The lowest BCUT2D eigenvalue weighted by molar-refractivity contribution is -0.143. The summed E-state index contributed by atoms with van der Waals surface area (Å²) in [6.45, 7) is 14.3. The van der Waals surface area contributed by atoms with Crippen LogP contribution in [0.5, 0.6) is 0 Å². The van der Waals surface area contributed by atoms with E-state index < -0.39 is 24.0 Å². The van der Waals surface area contributed by atoms with E-state index in [9.17, 15) is 19.2 Å². The first-order chi connectivity index (χ1) is 12.3. The quantitative estimate of drug-likeness (QED) is 0.601. The van der Waals surface area contributed by atoms with E-state index in [4.69, 9.17) is 0 Å². The highest BCUT2D eigenvalue weighted by Gasteiger charge is 2.32. The van der Waals surface area contributed by atoms with Gasteiger partial charge in [-0.25, -0.2) is 0 Å². The fourth-order valence-electron chi connectivity index (χ4n) is 2.46. The number of rotatable bonds is 10. The largest absolute Gasteiger partial charge is 0.345 e. The molecule has 7 heteroatoms. The van der Waals surface area contributed by atoms with E-state index in [0.717, 1.165) is 0 Å². The molecule has 0 fully saturated rings. The molecular formula is C20H37N3O4. The van der Waals surface area contributed by atoms with Crippen molar-refractivity contribution in [3.63, 3.8) is 0 Å². The van der Waals surface area contributed by atoms with E-state index in [2.05, 4.69) is 10.6 Å². The van der Waals surface area contributed by atoms with Crippen LogP contribution in [0.25, 0.3) is 0 Å². The molecule has 0 saturated heterocycles. The van der Waals surface area contributed by atoms with E-state index >= 15 is 0 Å². The van der Waals surface area contributed by atoms with Crippen molar-refractivity contribution in [3.05, 3.63) is 0 Å². The molecule has 0 aromatic heterocycles. The zero-order valence-electron chi connectivity index (χ0n) is 18.3. The molecule has 0 radical (unpaired) electrons. The summed E-state index contributed by atoms with van der Waals surface area (Å²) in [4.78, 5) is 50.4. The van der Waals surface area contributed by atoms with Crippen molar-refractivity contribution >= 4 is 23.5 Å². The van der Waals surface area contributed by atoms with Crippen molar-refractivity contribution in [2.24, 2.45) is 17.8 Å². The minimum Gasteiger partial charge on any atom is -0.345 e. The SMILES string of the molecule is CC(=O)[C@@H](C)NC(=O)[C@H](C)NC(=O)[C@H](CC(C)C)N(C)C(=O)[C@@H](C)C(C)C. The number of nitrogens with zero attached hydrogens (tertiary/aromatic N) is 1. The number of Topliss-reactive ketones (excluding diaryl/α,β-unsaturated/α-hetero) is 1. The van der Waals surface area contributed by atoms with Gasteiger partial charge in [-0.3, -0.25) is 19.2 Å². The Morgan fingerprint density at radius 3 is 1.70 bits per heavy atom. The third-order valence-electron chi connectivity index (χ3n) is 4.92. The van der Waals surface area contributed by atoms with Crippen LogP contribution in [0, 0.1) is 17.8 Å². The van der Waals surface area contributed by atoms with Gasteiger partial charge in [-0.1, -0.05) is 34.6 Å². The van der Waals surface area contributed by atoms with Gasteiger partial charge in [-0.05, 0) is 39.0 Å². The van der Waals surface area contributed by atoms with E-state index in [-0.39, 0.29) is 35.4 Å². The van der Waals surface area contributed by atoms with Gasteiger partial charge in [0.05, 0.1) is 6.04 Å². The standard InChI is InChI=1S/C20H37N3O4/c1-11(2)10-17(23(9)20(27)13(5)12(3)4)19(26)22-15(7)18(25)21-14(6)16(8)24/h11-15,17H,10H2,1-9H3,(H,21,25)(H,22,26)/t13-,14+,15-,17-/m0/s1. The Labute approximate surface area is 163 Å². The fraction of sp³-hybridized carbons (Fsp3) is 0.800. The molecule has 7 nitrogen and oxygen atoms in total. The second-order valence-electron chi connectivity index (χ2n) is 8.20. The molecule has 3 amide bonds. The molecular weight excluding hydrogens is 346 g/mol. The molecule has 0 saturated carbocycles. The van der Waals surface area contributed by atoms with Crippen LogP contribution in [0.2, 0.25) is 0 Å². The van der Waals surface area contributed by atoms with Gasteiger partial charge in [0.25, 0.3) is 0 Å². The van der Waals surface area contributed by atoms with Crippen molar-refractivity contribution in [3.8, 4) is 0 Å². The summed E-state index contributed by atoms with van der Waals surface area (Å²) >= 11 is 0. The molecule has 0 bridgehead atoms. The minimum absolute atomic E-state index is 0.0897. The van der Waals surface area contributed by atoms with Crippen LogP contribution in [-0.2, 0) is 19.2 Å². The van der Waals surface area contributed by atoms with Crippen LogP contribution in [-0.4, -0.2) is 53.6 Å². The monoisotopic (exact) mass is 383 g/mol. The van der Waals surface area contributed by atoms with Crippen molar-refractivity contribution in [2.75, 3.05) is 7.05 Å². The molecule has 156 valence electrons. The molecule has 0 aliphatic carbocycles. The predicted molar refractivity (Wildman–Crippen MR) is 106 cm³/mol. The first kappa shape index (κ1) is 25.1. The Bertz CT molecular complexity index is 545. The van der Waals surface area contributed by atoms with Crippen LogP contribution in [0.4, 0.5) is 0 Å². The Kier molecular flexibility index (Phi) is 10.3. The number of carbonyl (C=O) groups is 4. The molecule has 0 spiro atoms. The predicted octanol–water partition coefficient (Wildman–Crippen LogP) is 1.75. The van der Waals surface area contributed by atoms with Crippen LogP contribution >= 0.6 is 0 Å². The number of hydrogen-bond acceptors (Lipinski definition) is 4. The van der Waals surface area contributed by atoms with Gasteiger partial charge in [-0.15, -0.1) is 0 Å². The molecule has 0 aliphatic heterocycles. The van der Waals surface area contributed by atoms with Crippen molar-refractivity contribution in [2.45, 2.75) is 79.9 Å². The maximum Gasteiger partial charge on any atom is 0.243 e. The maximum atomic E-state index is 12.8. The van der Waals surface area contributed by atoms with Crippen LogP contribution < -0.4 is 10.6 Å². The van der Waals surface area contributed by atoms with Gasteiger partial charge in [0, 0.05) is 13.0 Å². The van der Waals surface area contributed by atoms with Gasteiger partial charge in [-0.2, -0.15) is 0 Å². The fourth-order valence-corrected chi connectivity index (χ4v) is 2.46. The molecule has 0 rings (SSSR count). The summed E-state index contributed by atoms with van der Waals surface area (Å²) in [7, 11) is 1.64. The number of amides is 3. The number of ketones is 1. The van der Waals surface area contributed by atoms with Crippen molar-refractivity contribution in [1.29, 1.82) is 0 Å². The summed E-state index contributed by atoms with van der Waals surface area (Å²) in [6, 6.07) is -2.07. The number of likely N-dealkylation sites (N-methyl/N-ethyl adjacent to an activating group) is 1. The molecule has 0 aliphatic rings. The third kappa shape index (κ3) is 8.10. The Hall–Kier alpha value is -1.92.